The summed E-state index contributed by atoms with van der Waals surface area (Å²) in [6.07, 6.45) is 1.89. The first-order valence-corrected chi connectivity index (χ1v) is 13.3. The van der Waals surface area contributed by atoms with Crippen molar-refractivity contribution in [1.82, 2.24) is 9.45 Å². The van der Waals surface area contributed by atoms with Crippen LogP contribution in [0.3, 0.4) is 0 Å². The standard InChI is InChI=1S/C24H30ClN6O2P/c1-7-30(8-2)34(27-19-15-17(25)13-14-21(19)31(32)33)22(16-26-29(34)6)23-24(3,4)18-11-9-10-12-20(18)28(23)5/h9-16H,7-8H2,1-6H3. The molecule has 2 aliphatic rings. The fourth-order valence-corrected chi connectivity index (χ4v) is 9.00. The zero-order valence-electron chi connectivity index (χ0n) is 20.4. The molecule has 1 unspecified atom stereocenters. The summed E-state index contributed by atoms with van der Waals surface area (Å²) < 4.78 is 9.39. The van der Waals surface area contributed by atoms with Gasteiger partial charge in [0.15, 0.2) is 7.36 Å². The SMILES string of the molecule is CCN(CC)P1(=Nc2cc(Cl)ccc2[N+](=O)[O-])C(=C2N(C)c3ccccc3C2(C)C)C=NN1C. The number of benzene rings is 2. The molecule has 10 heteroatoms. The molecule has 4 rings (SSSR count). The number of fused-ring (bicyclic) bond motifs is 1. The first kappa shape index (κ1) is 24.5. The highest BCUT2D eigenvalue weighted by Gasteiger charge is 2.48. The van der Waals surface area contributed by atoms with Crippen LogP contribution < -0.4 is 4.90 Å². The number of hydrogen-bond donors (Lipinski definition) is 0. The Morgan fingerprint density at radius 3 is 2.47 bits per heavy atom. The van der Waals surface area contributed by atoms with Crippen molar-refractivity contribution in [3.05, 3.63) is 74.2 Å². The van der Waals surface area contributed by atoms with Crippen LogP contribution in [0.25, 0.3) is 0 Å². The topological polar surface area (TPSA) is 77.6 Å². The molecule has 180 valence electrons. The Morgan fingerprint density at radius 2 is 1.85 bits per heavy atom. The lowest BCUT2D eigenvalue weighted by molar-refractivity contribution is -0.384. The van der Waals surface area contributed by atoms with Gasteiger partial charge in [0, 0.05) is 55.1 Å². The maximum Gasteiger partial charge on any atom is 0.294 e. The maximum absolute atomic E-state index is 11.9. The summed E-state index contributed by atoms with van der Waals surface area (Å²) in [4.78, 5) is 13.7. The van der Waals surface area contributed by atoms with Crippen molar-refractivity contribution in [2.24, 2.45) is 9.85 Å². The van der Waals surface area contributed by atoms with Crippen molar-refractivity contribution < 1.29 is 4.92 Å². The molecule has 0 saturated carbocycles. The lowest BCUT2D eigenvalue weighted by Crippen LogP contribution is -2.30. The second kappa shape index (κ2) is 8.84. The number of anilines is 1. The number of nitro benzene ring substituents is 1. The number of halogens is 1. The van der Waals surface area contributed by atoms with E-state index in [0.29, 0.717) is 18.1 Å². The molecule has 0 bridgehead atoms. The molecule has 0 amide bonds. The molecule has 2 aromatic carbocycles. The zero-order chi connectivity index (χ0) is 24.8. The van der Waals surface area contributed by atoms with Gasteiger partial charge in [0.2, 0.25) is 0 Å². The van der Waals surface area contributed by atoms with Gasteiger partial charge >= 0.3 is 0 Å². The van der Waals surface area contributed by atoms with Crippen molar-refractivity contribution in [2.75, 3.05) is 32.1 Å². The van der Waals surface area contributed by atoms with Crippen LogP contribution in [0.5, 0.6) is 0 Å². The Morgan fingerprint density at radius 1 is 1.18 bits per heavy atom. The molecule has 0 radical (unpaired) electrons. The van der Waals surface area contributed by atoms with Crippen LogP contribution in [0.4, 0.5) is 17.1 Å². The maximum atomic E-state index is 11.9. The van der Waals surface area contributed by atoms with Gasteiger partial charge < -0.3 is 4.90 Å². The van der Waals surface area contributed by atoms with Crippen LogP contribution in [0.1, 0.15) is 33.3 Å². The van der Waals surface area contributed by atoms with Crippen LogP contribution in [-0.4, -0.2) is 47.8 Å². The van der Waals surface area contributed by atoms with Crippen LogP contribution in [0.2, 0.25) is 5.02 Å². The molecule has 2 aliphatic heterocycles. The average molecular weight is 501 g/mol. The molecule has 0 saturated heterocycles. The van der Waals surface area contributed by atoms with E-state index in [0.717, 1.165) is 16.7 Å². The van der Waals surface area contributed by atoms with Crippen molar-refractivity contribution in [3.8, 4) is 0 Å². The Bertz CT molecular complexity index is 1270. The fourth-order valence-electron chi connectivity index (χ4n) is 5.12. The number of allylic oxidation sites excluding steroid dienone is 2. The summed E-state index contributed by atoms with van der Waals surface area (Å²) in [6.45, 7) is 10.0. The lowest BCUT2D eigenvalue weighted by Gasteiger charge is -2.39. The first-order chi connectivity index (χ1) is 16.1. The van der Waals surface area contributed by atoms with E-state index in [-0.39, 0.29) is 16.8 Å². The van der Waals surface area contributed by atoms with Crippen LogP contribution in [0.15, 0.2) is 63.3 Å². The highest BCUT2D eigenvalue weighted by molar-refractivity contribution is 7.67. The highest BCUT2D eigenvalue weighted by atomic mass is 35.5. The Kier molecular flexibility index (Phi) is 6.36. The molecular formula is C24H30ClN6O2P. The van der Waals surface area contributed by atoms with Gasteiger partial charge in [-0.3, -0.25) is 10.1 Å². The summed E-state index contributed by atoms with van der Waals surface area (Å²) >= 11 is 6.28. The number of para-hydroxylation sites is 1. The number of nitrogens with zero attached hydrogens (tertiary/aromatic N) is 6. The molecule has 0 spiro atoms. The lowest BCUT2D eigenvalue weighted by atomic mass is 9.84. The van der Waals surface area contributed by atoms with Crippen molar-refractivity contribution in [1.29, 1.82) is 0 Å². The van der Waals surface area contributed by atoms with Crippen LogP contribution >= 0.6 is 19.0 Å². The summed E-state index contributed by atoms with van der Waals surface area (Å²) in [5.41, 5.74) is 3.38. The van der Waals surface area contributed by atoms with Crippen molar-refractivity contribution in [2.45, 2.75) is 33.1 Å². The molecule has 2 aromatic rings. The quantitative estimate of drug-likeness (QED) is 0.255. The van der Waals surface area contributed by atoms with Crippen LogP contribution in [-0.2, 0) is 5.41 Å². The van der Waals surface area contributed by atoms with E-state index >= 15 is 0 Å². The smallest absolute Gasteiger partial charge is 0.294 e. The zero-order valence-corrected chi connectivity index (χ0v) is 22.0. The van der Waals surface area contributed by atoms with E-state index in [1.165, 1.54) is 17.7 Å². The monoisotopic (exact) mass is 500 g/mol. The third-order valence-electron chi connectivity index (χ3n) is 6.69. The summed E-state index contributed by atoms with van der Waals surface area (Å²) in [6, 6.07) is 12.9. The first-order valence-electron chi connectivity index (χ1n) is 11.3. The second-order valence-electron chi connectivity index (χ2n) is 8.87. The van der Waals surface area contributed by atoms with E-state index in [1.54, 1.807) is 6.07 Å². The molecule has 0 fully saturated rings. The van der Waals surface area contributed by atoms with Gasteiger partial charge in [0.25, 0.3) is 5.69 Å². The Balaban J connectivity index is 2.12. The summed E-state index contributed by atoms with van der Waals surface area (Å²) in [5.74, 6) is 0. The third-order valence-corrected chi connectivity index (χ3v) is 10.7. The van der Waals surface area contributed by atoms with E-state index in [1.807, 2.05) is 24.1 Å². The van der Waals surface area contributed by atoms with Crippen LogP contribution in [0, 0.1) is 10.1 Å². The molecule has 0 aromatic heterocycles. The van der Waals surface area contributed by atoms with Gasteiger partial charge in [-0.1, -0.05) is 57.5 Å². The summed E-state index contributed by atoms with van der Waals surface area (Å²) in [7, 11) is 1.26. The largest absolute Gasteiger partial charge is 0.346 e. The molecule has 0 N–H and O–H groups in total. The predicted octanol–water partition coefficient (Wildman–Crippen LogP) is 6.82. The van der Waals surface area contributed by atoms with Gasteiger partial charge in [-0.25, -0.2) is 14.2 Å². The minimum absolute atomic E-state index is 0.0668. The molecular weight excluding hydrogens is 471 g/mol. The van der Waals surface area contributed by atoms with Gasteiger partial charge in [-0.15, -0.1) is 0 Å². The van der Waals surface area contributed by atoms with Gasteiger partial charge in [-0.05, 0) is 23.8 Å². The summed E-state index contributed by atoms with van der Waals surface area (Å²) in [5, 5.41) is 18.0. The van der Waals surface area contributed by atoms with Gasteiger partial charge in [0.1, 0.15) is 5.69 Å². The normalized spacial score (nSPS) is 23.1. The highest BCUT2D eigenvalue weighted by Crippen LogP contribution is 2.69. The van der Waals surface area contributed by atoms with E-state index in [2.05, 4.69) is 62.5 Å². The van der Waals surface area contributed by atoms with Crippen molar-refractivity contribution >= 4 is 42.2 Å². The molecule has 2 heterocycles. The van der Waals surface area contributed by atoms with E-state index in [4.69, 9.17) is 21.4 Å². The number of nitro groups is 1. The minimum atomic E-state index is -2.72. The van der Waals surface area contributed by atoms with Crippen molar-refractivity contribution in [3.63, 3.8) is 0 Å². The third kappa shape index (κ3) is 3.56. The van der Waals surface area contributed by atoms with Gasteiger partial charge in [0.05, 0.1) is 16.5 Å². The molecule has 34 heavy (non-hydrogen) atoms. The number of hydrazone groups is 1. The fraction of sp³-hybridized carbons (Fsp3) is 0.375. The van der Waals surface area contributed by atoms with E-state index in [9.17, 15) is 10.1 Å². The number of hydrogen-bond acceptors (Lipinski definition) is 5. The minimum Gasteiger partial charge on any atom is -0.346 e. The van der Waals surface area contributed by atoms with E-state index < -0.39 is 12.3 Å². The molecule has 0 aliphatic carbocycles. The number of rotatable bonds is 5. The predicted molar refractivity (Wildman–Crippen MR) is 141 cm³/mol. The second-order valence-corrected chi connectivity index (χ2v) is 12.3. The van der Waals surface area contributed by atoms with Gasteiger partial charge in [-0.2, -0.15) is 5.10 Å². The Hall–Kier alpha value is -2.67. The average Bonchev–Trinajstić information content (AvgIpc) is 3.20. The Labute approximate surface area is 205 Å². The number of likely N-dealkylation sites (N-methyl/N-ethyl adjacent to an activating group) is 1. The molecule has 1 atom stereocenters. The molecule has 8 nitrogen and oxygen atoms in total.